The molecule has 0 spiro atoms. The molecule has 0 unspecified atom stereocenters. The summed E-state index contributed by atoms with van der Waals surface area (Å²) in [6.07, 6.45) is 4.20. The van der Waals surface area contributed by atoms with Crippen LogP contribution in [0.25, 0.3) is 0 Å². The molecule has 32 heavy (non-hydrogen) atoms. The number of hydrogen-bond acceptors (Lipinski definition) is 6. The van der Waals surface area contributed by atoms with Crippen molar-refractivity contribution in [3.05, 3.63) is 48.5 Å². The fourth-order valence-electron chi connectivity index (χ4n) is 3.96. The first-order valence-corrected chi connectivity index (χ1v) is 10.5. The topological polar surface area (TPSA) is 89.7 Å². The summed E-state index contributed by atoms with van der Waals surface area (Å²) in [6.45, 7) is 4.32. The van der Waals surface area contributed by atoms with Crippen LogP contribution >= 0.6 is 0 Å². The number of halogens is 3. The van der Waals surface area contributed by atoms with Crippen molar-refractivity contribution in [3.8, 4) is 0 Å². The van der Waals surface area contributed by atoms with E-state index >= 15 is 0 Å². The lowest BCUT2D eigenvalue weighted by atomic mass is 10.1. The first kappa shape index (κ1) is 24.1. The van der Waals surface area contributed by atoms with Crippen LogP contribution in [-0.2, 0) is 27.4 Å². The largest absolute Gasteiger partial charge is 0.490 e. The Kier molecular flexibility index (Phi) is 8.60. The van der Waals surface area contributed by atoms with Gasteiger partial charge < -0.3 is 14.6 Å². The number of nitrogens with zero attached hydrogens (tertiary/aromatic N) is 4. The molecule has 0 radical (unpaired) electrons. The summed E-state index contributed by atoms with van der Waals surface area (Å²) < 4.78 is 45.9. The molecule has 2 aliphatic rings. The fourth-order valence-corrected chi connectivity index (χ4v) is 3.96. The smallest absolute Gasteiger partial charge is 0.475 e. The van der Waals surface area contributed by atoms with Crippen LogP contribution in [-0.4, -0.2) is 74.9 Å². The van der Waals surface area contributed by atoms with E-state index in [4.69, 9.17) is 19.4 Å². The molecule has 2 aromatic rings. The van der Waals surface area contributed by atoms with Crippen LogP contribution in [0.15, 0.2) is 42.9 Å². The van der Waals surface area contributed by atoms with Gasteiger partial charge in [-0.05, 0) is 37.5 Å². The molecule has 1 saturated carbocycles. The fraction of sp³-hybridized carbons (Fsp3) is 0.571. The molecule has 0 amide bonds. The number of hydrogen-bond donors (Lipinski definition) is 1. The average molecular weight is 456 g/mol. The number of aromatic nitrogens is 3. The molecule has 3 heterocycles. The third kappa shape index (κ3) is 7.01. The van der Waals surface area contributed by atoms with Crippen LogP contribution in [0.3, 0.4) is 0 Å². The minimum atomic E-state index is -5.08. The average Bonchev–Trinajstić information content (AvgIpc) is 3.42. The SMILES string of the molecule is O=C(O)C(F)(F)F.c1ccc(CN2CCO[C@H]3[C@H](OCCCn4cccn4)CC[C@@H]32)nc1. The number of alkyl halides is 3. The summed E-state index contributed by atoms with van der Waals surface area (Å²) in [4.78, 5) is 15.9. The molecular weight excluding hydrogens is 429 g/mol. The van der Waals surface area contributed by atoms with E-state index < -0.39 is 12.1 Å². The van der Waals surface area contributed by atoms with Crippen LogP contribution < -0.4 is 0 Å². The predicted molar refractivity (Wildman–Crippen MR) is 108 cm³/mol. The maximum absolute atomic E-state index is 10.6. The van der Waals surface area contributed by atoms with Crippen molar-refractivity contribution in [1.29, 1.82) is 0 Å². The Balaban J connectivity index is 0.000000360. The second-order valence-corrected chi connectivity index (χ2v) is 7.61. The van der Waals surface area contributed by atoms with Crippen LogP contribution in [0.2, 0.25) is 0 Å². The Labute approximate surface area is 183 Å². The molecule has 0 aromatic carbocycles. The summed E-state index contributed by atoms with van der Waals surface area (Å²) in [6, 6.07) is 8.53. The maximum atomic E-state index is 10.6. The van der Waals surface area contributed by atoms with E-state index in [1.807, 2.05) is 35.4 Å². The highest BCUT2D eigenvalue weighted by Gasteiger charge is 2.43. The predicted octanol–water partition coefficient (Wildman–Crippen LogP) is 2.75. The molecule has 1 saturated heterocycles. The number of rotatable bonds is 7. The van der Waals surface area contributed by atoms with E-state index in [-0.39, 0.29) is 12.2 Å². The lowest BCUT2D eigenvalue weighted by Crippen LogP contribution is -2.51. The minimum Gasteiger partial charge on any atom is -0.475 e. The molecule has 1 aliphatic carbocycles. The quantitative estimate of drug-likeness (QED) is 0.641. The van der Waals surface area contributed by atoms with E-state index in [1.54, 1.807) is 0 Å². The highest BCUT2D eigenvalue weighted by molar-refractivity contribution is 5.73. The van der Waals surface area contributed by atoms with Gasteiger partial charge in [-0.1, -0.05) is 6.07 Å². The number of fused-ring (bicyclic) bond motifs is 1. The van der Waals surface area contributed by atoms with Gasteiger partial charge in [0, 0.05) is 50.9 Å². The highest BCUT2D eigenvalue weighted by Crippen LogP contribution is 2.32. The molecule has 0 bridgehead atoms. The molecule has 176 valence electrons. The Hall–Kier alpha value is -2.50. The Morgan fingerprint density at radius 2 is 2.06 bits per heavy atom. The standard InChI is InChI=1S/C19H26N4O2.C2HF3O2/c1-2-8-20-16(5-1)15-22-12-14-25-19-17(22)6-7-18(19)24-13-4-11-23-10-3-9-21-23;3-2(4,5)1(6)7/h1-3,5,8-10,17-19H,4,6-7,11-15H2;(H,6,7)/t17-,18+,19+;/m0./s1. The summed E-state index contributed by atoms with van der Waals surface area (Å²) in [7, 11) is 0. The molecule has 8 nitrogen and oxygen atoms in total. The normalized spacial score (nSPS) is 23.3. The van der Waals surface area contributed by atoms with Gasteiger partial charge in [-0.2, -0.15) is 18.3 Å². The van der Waals surface area contributed by atoms with Gasteiger partial charge in [0.1, 0.15) is 0 Å². The van der Waals surface area contributed by atoms with Crippen LogP contribution in [0, 0.1) is 0 Å². The van der Waals surface area contributed by atoms with Gasteiger partial charge in [0.05, 0.1) is 24.5 Å². The molecule has 4 rings (SSSR count). The van der Waals surface area contributed by atoms with E-state index in [0.29, 0.717) is 6.04 Å². The zero-order valence-corrected chi connectivity index (χ0v) is 17.5. The molecule has 1 aliphatic heterocycles. The van der Waals surface area contributed by atoms with E-state index in [2.05, 4.69) is 27.1 Å². The van der Waals surface area contributed by atoms with Gasteiger partial charge in [0.15, 0.2) is 0 Å². The van der Waals surface area contributed by atoms with E-state index in [0.717, 1.165) is 57.8 Å². The van der Waals surface area contributed by atoms with Gasteiger partial charge in [-0.3, -0.25) is 14.6 Å². The summed E-state index contributed by atoms with van der Waals surface area (Å²) in [5.41, 5.74) is 1.13. The monoisotopic (exact) mass is 456 g/mol. The van der Waals surface area contributed by atoms with Gasteiger partial charge in [0.2, 0.25) is 0 Å². The van der Waals surface area contributed by atoms with Crippen molar-refractivity contribution in [2.24, 2.45) is 0 Å². The highest BCUT2D eigenvalue weighted by atomic mass is 19.4. The second-order valence-electron chi connectivity index (χ2n) is 7.61. The number of morpholine rings is 1. The molecule has 3 atom stereocenters. The Morgan fingerprint density at radius 3 is 2.72 bits per heavy atom. The number of aryl methyl sites for hydroxylation is 1. The summed E-state index contributed by atoms with van der Waals surface area (Å²) in [5, 5.41) is 11.3. The lowest BCUT2D eigenvalue weighted by molar-refractivity contribution is -0.192. The second kappa shape index (κ2) is 11.4. The minimum absolute atomic E-state index is 0.196. The van der Waals surface area contributed by atoms with Crippen molar-refractivity contribution in [3.63, 3.8) is 0 Å². The zero-order chi connectivity index (χ0) is 23.0. The molecule has 2 fully saturated rings. The van der Waals surface area contributed by atoms with Crippen LogP contribution in [0.4, 0.5) is 13.2 Å². The number of ether oxygens (including phenoxy) is 2. The van der Waals surface area contributed by atoms with Gasteiger partial charge in [-0.15, -0.1) is 0 Å². The van der Waals surface area contributed by atoms with Crippen LogP contribution in [0.5, 0.6) is 0 Å². The number of carboxylic acid groups (broad SMARTS) is 1. The lowest BCUT2D eigenvalue weighted by Gasteiger charge is -2.38. The van der Waals surface area contributed by atoms with Crippen LogP contribution in [0.1, 0.15) is 25.0 Å². The molecular formula is C21H27F3N4O4. The van der Waals surface area contributed by atoms with Crippen molar-refractivity contribution in [1.82, 2.24) is 19.7 Å². The number of pyridine rings is 1. The van der Waals surface area contributed by atoms with Gasteiger partial charge in [0.25, 0.3) is 0 Å². The van der Waals surface area contributed by atoms with E-state index in [9.17, 15) is 13.2 Å². The van der Waals surface area contributed by atoms with Crippen molar-refractivity contribution >= 4 is 5.97 Å². The molecule has 2 aromatic heterocycles. The van der Waals surface area contributed by atoms with Crippen molar-refractivity contribution in [2.75, 3.05) is 19.8 Å². The Morgan fingerprint density at radius 1 is 1.25 bits per heavy atom. The number of aliphatic carboxylic acids is 1. The van der Waals surface area contributed by atoms with Crippen molar-refractivity contribution < 1.29 is 32.5 Å². The third-order valence-corrected chi connectivity index (χ3v) is 5.41. The summed E-state index contributed by atoms with van der Waals surface area (Å²) >= 11 is 0. The maximum Gasteiger partial charge on any atom is 0.490 e. The zero-order valence-electron chi connectivity index (χ0n) is 17.5. The van der Waals surface area contributed by atoms with E-state index in [1.165, 1.54) is 0 Å². The number of carboxylic acids is 1. The molecule has 11 heteroatoms. The molecule has 1 N–H and O–H groups in total. The van der Waals surface area contributed by atoms with Crippen molar-refractivity contribution in [2.45, 2.75) is 56.8 Å². The summed E-state index contributed by atoms with van der Waals surface area (Å²) in [5.74, 6) is -2.76. The third-order valence-electron chi connectivity index (χ3n) is 5.41. The first-order valence-electron chi connectivity index (χ1n) is 10.5. The first-order chi connectivity index (χ1) is 15.3. The van der Waals surface area contributed by atoms with Gasteiger partial charge in [-0.25, -0.2) is 4.79 Å². The number of carbonyl (C=O) groups is 1. The Bertz CT molecular complexity index is 820. The van der Waals surface area contributed by atoms with Gasteiger partial charge >= 0.3 is 12.1 Å².